The molecule has 1 fully saturated rings. The summed E-state index contributed by atoms with van der Waals surface area (Å²) in [6.45, 7) is 6.50. The molecular formula is C19H29FN6O3S2. The van der Waals surface area contributed by atoms with Crippen LogP contribution in [0.25, 0.3) is 0 Å². The minimum atomic E-state index is -4.33. The number of aryl methyl sites for hydroxylation is 2. The van der Waals surface area contributed by atoms with Crippen molar-refractivity contribution >= 4 is 39.0 Å². The molecule has 1 saturated heterocycles. The molecule has 1 aliphatic rings. The topological polar surface area (TPSA) is 99.6 Å². The maximum atomic E-state index is 14.2. The van der Waals surface area contributed by atoms with Crippen molar-refractivity contribution in [1.29, 1.82) is 0 Å². The van der Waals surface area contributed by atoms with Crippen molar-refractivity contribution in [3.63, 3.8) is 0 Å². The number of piperidine rings is 1. The molecule has 1 aliphatic heterocycles. The van der Waals surface area contributed by atoms with Crippen LogP contribution in [-0.2, 0) is 17.3 Å². The zero-order valence-electron chi connectivity index (χ0n) is 18.3. The maximum absolute atomic E-state index is 14.2. The number of likely N-dealkylation sites (N-methyl/N-ethyl adjacent to an activating group) is 1. The number of rotatable bonds is 6. The highest BCUT2D eigenvalue weighted by Gasteiger charge is 2.37. The van der Waals surface area contributed by atoms with Gasteiger partial charge in [-0.15, -0.1) is 11.3 Å². The molecule has 12 heteroatoms. The van der Waals surface area contributed by atoms with Crippen LogP contribution in [0.1, 0.15) is 35.9 Å². The molecule has 2 N–H and O–H groups in total. The van der Waals surface area contributed by atoms with Crippen molar-refractivity contribution in [3.05, 3.63) is 28.2 Å². The molecule has 2 aromatic rings. The van der Waals surface area contributed by atoms with Gasteiger partial charge in [-0.3, -0.25) is 4.68 Å². The molecule has 3 heterocycles. The second-order valence-corrected chi connectivity index (χ2v) is 11.1. The summed E-state index contributed by atoms with van der Waals surface area (Å²) < 4.78 is 45.4. The van der Waals surface area contributed by atoms with E-state index in [0.29, 0.717) is 12.2 Å². The number of alkyl halides is 1. The van der Waals surface area contributed by atoms with Crippen molar-refractivity contribution < 1.29 is 17.6 Å². The van der Waals surface area contributed by atoms with E-state index in [1.807, 2.05) is 26.8 Å². The zero-order valence-corrected chi connectivity index (χ0v) is 19.9. The van der Waals surface area contributed by atoms with Gasteiger partial charge >= 0.3 is 16.2 Å². The maximum Gasteiger partial charge on any atom is 0.334 e. The van der Waals surface area contributed by atoms with Gasteiger partial charge in [-0.1, -0.05) is 13.8 Å². The number of anilines is 2. The fourth-order valence-electron chi connectivity index (χ4n) is 3.83. The summed E-state index contributed by atoms with van der Waals surface area (Å²) in [5, 5.41) is 6.69. The summed E-state index contributed by atoms with van der Waals surface area (Å²) in [5.41, 5.74) is 0.851. The molecule has 2 amide bonds. The first-order valence-corrected chi connectivity index (χ1v) is 12.3. The first-order chi connectivity index (χ1) is 14.5. The molecule has 0 saturated carbocycles. The highest BCUT2D eigenvalue weighted by molar-refractivity contribution is 7.91. The van der Waals surface area contributed by atoms with Crippen LogP contribution in [-0.4, -0.2) is 61.5 Å². The van der Waals surface area contributed by atoms with E-state index in [-0.39, 0.29) is 24.6 Å². The number of carbonyl (C=O) groups excluding carboxylic acids is 1. The van der Waals surface area contributed by atoms with E-state index in [0.717, 1.165) is 14.1 Å². The normalized spacial score (nSPS) is 20.1. The van der Waals surface area contributed by atoms with Gasteiger partial charge in [0, 0.05) is 42.5 Å². The standard InChI is InChI=1S/C19H29FN6O3S2/c1-12(2)18-17(6-13(3)30-18)22-19(27)23-31(28,29)26(16-8-21-25(5)11-16)15-7-14(20)9-24(4)10-15/h6,8,11-12,14-15H,7,9-10H2,1-5H3,(H2,22,23,27)/t14-,15-/m0/s1. The van der Waals surface area contributed by atoms with Gasteiger partial charge in [0.2, 0.25) is 0 Å². The molecule has 0 bridgehead atoms. The highest BCUT2D eigenvalue weighted by Crippen LogP contribution is 2.33. The quantitative estimate of drug-likeness (QED) is 0.674. The lowest BCUT2D eigenvalue weighted by molar-refractivity contribution is 0.148. The Kier molecular flexibility index (Phi) is 6.92. The smallest absolute Gasteiger partial charge is 0.306 e. The first-order valence-electron chi connectivity index (χ1n) is 10.0. The van der Waals surface area contributed by atoms with Crippen molar-refractivity contribution in [2.75, 3.05) is 29.8 Å². The van der Waals surface area contributed by atoms with Gasteiger partial charge in [0.15, 0.2) is 0 Å². The number of carbonyl (C=O) groups is 1. The first kappa shape index (κ1) is 23.5. The molecule has 172 valence electrons. The van der Waals surface area contributed by atoms with Gasteiger partial charge in [-0.25, -0.2) is 18.2 Å². The lowest BCUT2D eigenvalue weighted by Crippen LogP contribution is -2.56. The average Bonchev–Trinajstić information content (AvgIpc) is 3.18. The van der Waals surface area contributed by atoms with E-state index in [2.05, 4.69) is 15.1 Å². The van der Waals surface area contributed by atoms with Crippen LogP contribution in [0, 0.1) is 6.92 Å². The van der Waals surface area contributed by atoms with Crippen LogP contribution in [0.5, 0.6) is 0 Å². The second kappa shape index (κ2) is 9.13. The largest absolute Gasteiger partial charge is 0.334 e. The molecule has 31 heavy (non-hydrogen) atoms. The van der Waals surface area contributed by atoms with Gasteiger partial charge in [0.25, 0.3) is 0 Å². The molecule has 9 nitrogen and oxygen atoms in total. The van der Waals surface area contributed by atoms with Gasteiger partial charge in [0.1, 0.15) is 6.17 Å². The fourth-order valence-corrected chi connectivity index (χ4v) is 6.11. The predicted molar refractivity (Wildman–Crippen MR) is 121 cm³/mol. The van der Waals surface area contributed by atoms with E-state index < -0.39 is 28.5 Å². The van der Waals surface area contributed by atoms with Crippen molar-refractivity contribution in [2.45, 2.75) is 45.3 Å². The number of amides is 2. The number of halogens is 1. The number of nitrogens with one attached hydrogen (secondary N) is 2. The number of aromatic nitrogens is 2. The SMILES string of the molecule is Cc1cc(NC(=O)NS(=O)(=O)N(c2cnn(C)c2)[C@H]2C[C@H](F)CN(C)C2)c(C(C)C)s1. The third-order valence-corrected chi connectivity index (χ3v) is 7.80. The van der Waals surface area contributed by atoms with Gasteiger partial charge in [-0.2, -0.15) is 13.5 Å². The van der Waals surface area contributed by atoms with Crippen LogP contribution in [0.4, 0.5) is 20.6 Å². The minimum Gasteiger partial charge on any atom is -0.306 e. The Hall–Kier alpha value is -2.18. The van der Waals surface area contributed by atoms with E-state index in [4.69, 9.17) is 0 Å². The Balaban J connectivity index is 1.85. The summed E-state index contributed by atoms with van der Waals surface area (Å²) in [6.07, 6.45) is 1.77. The number of nitrogens with zero attached hydrogens (tertiary/aromatic N) is 4. The number of thiophene rings is 1. The third kappa shape index (κ3) is 5.55. The summed E-state index contributed by atoms with van der Waals surface area (Å²) in [4.78, 5) is 16.3. The van der Waals surface area contributed by atoms with Crippen LogP contribution in [0.3, 0.4) is 0 Å². The average molecular weight is 473 g/mol. The Bertz CT molecular complexity index is 1030. The van der Waals surface area contributed by atoms with Crippen LogP contribution in [0.15, 0.2) is 18.5 Å². The van der Waals surface area contributed by atoms with E-state index >= 15 is 0 Å². The van der Waals surface area contributed by atoms with Crippen molar-refractivity contribution in [2.24, 2.45) is 7.05 Å². The Morgan fingerprint density at radius 2 is 2.06 bits per heavy atom. The molecule has 0 unspecified atom stereocenters. The Morgan fingerprint density at radius 1 is 1.35 bits per heavy atom. The molecule has 0 aromatic carbocycles. The predicted octanol–water partition coefficient (Wildman–Crippen LogP) is 2.83. The number of likely N-dealkylation sites (tertiary alicyclic amines) is 1. The summed E-state index contributed by atoms with van der Waals surface area (Å²) in [6, 6.07) is 0.266. The van der Waals surface area contributed by atoms with Gasteiger partial charge in [-0.05, 0) is 26.0 Å². The van der Waals surface area contributed by atoms with E-state index in [1.165, 1.54) is 17.1 Å². The number of hydrogen-bond acceptors (Lipinski definition) is 6. The molecule has 3 rings (SSSR count). The zero-order chi connectivity index (χ0) is 22.9. The monoisotopic (exact) mass is 472 g/mol. The van der Waals surface area contributed by atoms with Crippen molar-refractivity contribution in [1.82, 2.24) is 19.4 Å². The van der Waals surface area contributed by atoms with Crippen LogP contribution >= 0.6 is 11.3 Å². The van der Waals surface area contributed by atoms with Gasteiger partial charge < -0.3 is 10.2 Å². The summed E-state index contributed by atoms with van der Waals surface area (Å²) in [5.74, 6) is 0.178. The molecule has 0 aliphatic carbocycles. The van der Waals surface area contributed by atoms with Crippen LogP contribution in [0.2, 0.25) is 0 Å². The van der Waals surface area contributed by atoms with Crippen LogP contribution < -0.4 is 14.3 Å². The minimum absolute atomic E-state index is 0.0307. The molecule has 0 spiro atoms. The molecule has 0 radical (unpaired) electrons. The third-order valence-electron chi connectivity index (χ3n) is 4.97. The summed E-state index contributed by atoms with van der Waals surface area (Å²) in [7, 11) is -0.932. The molecule has 2 aromatic heterocycles. The van der Waals surface area contributed by atoms with E-state index in [1.54, 1.807) is 30.3 Å². The Labute approximate surface area is 186 Å². The number of urea groups is 1. The van der Waals surface area contributed by atoms with E-state index in [9.17, 15) is 17.6 Å². The number of hydrogen-bond donors (Lipinski definition) is 2. The summed E-state index contributed by atoms with van der Waals surface area (Å²) >= 11 is 1.55. The molecular weight excluding hydrogens is 443 g/mol. The van der Waals surface area contributed by atoms with Gasteiger partial charge in [0.05, 0.1) is 23.6 Å². The fraction of sp³-hybridized carbons (Fsp3) is 0.579. The Morgan fingerprint density at radius 3 is 2.65 bits per heavy atom. The lowest BCUT2D eigenvalue weighted by atomic mass is 10.0. The highest BCUT2D eigenvalue weighted by atomic mass is 32.2. The van der Waals surface area contributed by atoms with Crippen molar-refractivity contribution in [3.8, 4) is 0 Å². The lowest BCUT2D eigenvalue weighted by Gasteiger charge is -2.38. The molecule has 2 atom stereocenters. The second-order valence-electron chi connectivity index (χ2n) is 8.23.